The van der Waals surface area contributed by atoms with Crippen LogP contribution in [0.3, 0.4) is 0 Å². The van der Waals surface area contributed by atoms with E-state index < -0.39 is 24.1 Å². The lowest BCUT2D eigenvalue weighted by Gasteiger charge is -2.12. The van der Waals surface area contributed by atoms with E-state index in [2.05, 4.69) is 0 Å². The predicted molar refractivity (Wildman–Crippen MR) is 123 cm³/mol. The van der Waals surface area contributed by atoms with E-state index in [4.69, 9.17) is 23.7 Å². The Balaban J connectivity index is 1.78. The van der Waals surface area contributed by atoms with Gasteiger partial charge >= 0.3 is 24.1 Å². The molecule has 0 bridgehead atoms. The highest BCUT2D eigenvalue weighted by atomic mass is 16.7. The maximum absolute atomic E-state index is 12.9. The van der Waals surface area contributed by atoms with Crippen molar-refractivity contribution in [1.82, 2.24) is 0 Å². The number of ether oxygens (including phenoxy) is 5. The van der Waals surface area contributed by atoms with E-state index in [0.29, 0.717) is 0 Å². The molecular formula is C26H22O9. The molecule has 3 aromatic carbocycles. The SMILES string of the molecule is CCOC(=O)c1ccccc1OC(=O)Oc1ccccc1C(=O)Oc1ccccc1C(=O)OCC. The van der Waals surface area contributed by atoms with E-state index >= 15 is 0 Å². The summed E-state index contributed by atoms with van der Waals surface area (Å²) in [6.07, 6.45) is -1.19. The molecule has 0 aliphatic heterocycles. The molecule has 0 fully saturated rings. The summed E-state index contributed by atoms with van der Waals surface area (Å²) in [6, 6.07) is 17.9. The number of carbonyl (C=O) groups is 4. The van der Waals surface area contributed by atoms with Crippen LogP contribution in [0.1, 0.15) is 44.9 Å². The van der Waals surface area contributed by atoms with Gasteiger partial charge in [-0.3, -0.25) is 0 Å². The highest BCUT2D eigenvalue weighted by molar-refractivity contribution is 5.98. The fraction of sp³-hybridized carbons (Fsp3) is 0.154. The van der Waals surface area contributed by atoms with Gasteiger partial charge in [0.1, 0.15) is 33.9 Å². The zero-order valence-corrected chi connectivity index (χ0v) is 19.0. The third-order valence-electron chi connectivity index (χ3n) is 4.46. The Morgan fingerprint density at radius 3 is 1.26 bits per heavy atom. The highest BCUT2D eigenvalue weighted by Gasteiger charge is 2.22. The van der Waals surface area contributed by atoms with E-state index in [1.165, 1.54) is 36.4 Å². The molecule has 0 saturated heterocycles. The lowest BCUT2D eigenvalue weighted by Crippen LogP contribution is -2.19. The fourth-order valence-corrected chi connectivity index (χ4v) is 2.95. The van der Waals surface area contributed by atoms with Gasteiger partial charge < -0.3 is 23.7 Å². The first-order valence-corrected chi connectivity index (χ1v) is 10.7. The Kier molecular flexibility index (Phi) is 8.55. The van der Waals surface area contributed by atoms with Gasteiger partial charge in [0.2, 0.25) is 0 Å². The third-order valence-corrected chi connectivity index (χ3v) is 4.46. The van der Waals surface area contributed by atoms with Gasteiger partial charge in [-0.1, -0.05) is 36.4 Å². The average Bonchev–Trinajstić information content (AvgIpc) is 2.85. The Hall–Kier alpha value is -4.66. The van der Waals surface area contributed by atoms with Crippen molar-refractivity contribution in [3.8, 4) is 17.2 Å². The topological polar surface area (TPSA) is 114 Å². The first-order chi connectivity index (χ1) is 16.9. The molecule has 3 aromatic rings. The molecule has 9 nitrogen and oxygen atoms in total. The second-order valence-corrected chi connectivity index (χ2v) is 6.77. The van der Waals surface area contributed by atoms with Crippen LogP contribution in [0.25, 0.3) is 0 Å². The second kappa shape index (κ2) is 12.0. The maximum Gasteiger partial charge on any atom is 0.519 e. The van der Waals surface area contributed by atoms with Gasteiger partial charge in [0.15, 0.2) is 0 Å². The van der Waals surface area contributed by atoms with Crippen molar-refractivity contribution in [1.29, 1.82) is 0 Å². The van der Waals surface area contributed by atoms with Crippen LogP contribution in [0.5, 0.6) is 17.2 Å². The van der Waals surface area contributed by atoms with Gasteiger partial charge in [0.05, 0.1) is 13.2 Å². The number of rotatable bonds is 8. The first-order valence-electron chi connectivity index (χ1n) is 10.7. The van der Waals surface area contributed by atoms with Gasteiger partial charge in [-0.2, -0.15) is 0 Å². The van der Waals surface area contributed by atoms with Gasteiger partial charge in [-0.25, -0.2) is 19.2 Å². The molecular weight excluding hydrogens is 456 g/mol. The van der Waals surface area contributed by atoms with Crippen molar-refractivity contribution in [2.24, 2.45) is 0 Å². The van der Waals surface area contributed by atoms with Crippen LogP contribution in [0.15, 0.2) is 72.8 Å². The van der Waals surface area contributed by atoms with Crippen molar-refractivity contribution in [2.75, 3.05) is 13.2 Å². The molecule has 0 aliphatic rings. The molecule has 0 aromatic heterocycles. The van der Waals surface area contributed by atoms with Crippen LogP contribution in [-0.2, 0) is 9.47 Å². The lowest BCUT2D eigenvalue weighted by atomic mass is 10.2. The number of esters is 3. The summed E-state index contributed by atoms with van der Waals surface area (Å²) < 4.78 is 25.7. The maximum atomic E-state index is 12.9. The van der Waals surface area contributed by atoms with Crippen LogP contribution in [0.2, 0.25) is 0 Å². The zero-order chi connectivity index (χ0) is 25.2. The number of benzene rings is 3. The monoisotopic (exact) mass is 478 g/mol. The Morgan fingerprint density at radius 1 is 0.514 bits per heavy atom. The number of hydrogen-bond donors (Lipinski definition) is 0. The largest absolute Gasteiger partial charge is 0.519 e. The van der Waals surface area contributed by atoms with Gasteiger partial charge in [0, 0.05) is 0 Å². The summed E-state index contributed by atoms with van der Waals surface area (Å²) in [5, 5.41) is 0. The number of para-hydroxylation sites is 3. The first kappa shape index (κ1) is 25.0. The van der Waals surface area contributed by atoms with Crippen molar-refractivity contribution in [3.05, 3.63) is 89.5 Å². The second-order valence-electron chi connectivity index (χ2n) is 6.77. The summed E-state index contributed by atoms with van der Waals surface area (Å²) in [5.41, 5.74) is 0.00689. The minimum absolute atomic E-state index is 0.0170. The smallest absolute Gasteiger partial charge is 0.462 e. The average molecular weight is 478 g/mol. The van der Waals surface area contributed by atoms with Crippen LogP contribution >= 0.6 is 0 Å². The summed E-state index contributed by atoms with van der Waals surface area (Å²) in [7, 11) is 0. The van der Waals surface area contributed by atoms with Crippen LogP contribution in [-0.4, -0.2) is 37.3 Å². The fourth-order valence-electron chi connectivity index (χ4n) is 2.95. The molecule has 0 N–H and O–H groups in total. The van der Waals surface area contributed by atoms with Crippen molar-refractivity contribution in [2.45, 2.75) is 13.8 Å². The Morgan fingerprint density at radius 2 is 0.857 bits per heavy atom. The molecule has 0 saturated carbocycles. The van der Waals surface area contributed by atoms with Crippen molar-refractivity contribution >= 4 is 24.1 Å². The normalized spacial score (nSPS) is 10.1. The minimum Gasteiger partial charge on any atom is -0.462 e. The van der Waals surface area contributed by atoms with Gasteiger partial charge in [-0.15, -0.1) is 0 Å². The van der Waals surface area contributed by atoms with E-state index in [1.807, 2.05) is 0 Å². The number of hydrogen-bond acceptors (Lipinski definition) is 9. The van der Waals surface area contributed by atoms with Crippen LogP contribution in [0.4, 0.5) is 4.79 Å². The molecule has 180 valence electrons. The predicted octanol–water partition coefficient (Wildman–Crippen LogP) is 4.84. The van der Waals surface area contributed by atoms with Crippen molar-refractivity contribution in [3.63, 3.8) is 0 Å². The molecule has 0 atom stereocenters. The van der Waals surface area contributed by atoms with E-state index in [-0.39, 0.29) is 47.2 Å². The summed E-state index contributed by atoms with van der Waals surface area (Å²) >= 11 is 0. The standard InChI is InChI=1S/C26H22O9/c1-3-31-23(27)17-11-5-8-14-20(17)33-25(29)19-13-7-10-16-22(19)35-26(30)34-21-15-9-6-12-18(21)24(28)32-4-2/h5-16H,3-4H2,1-2H3. The molecule has 0 aliphatic carbocycles. The quantitative estimate of drug-likeness (QED) is 0.255. The van der Waals surface area contributed by atoms with Crippen LogP contribution in [0, 0.1) is 0 Å². The molecule has 3 rings (SSSR count). The molecule has 9 heteroatoms. The molecule has 0 amide bonds. The minimum atomic E-state index is -1.19. The molecule has 0 spiro atoms. The van der Waals surface area contributed by atoms with Crippen molar-refractivity contribution < 1.29 is 42.9 Å². The van der Waals surface area contributed by atoms with E-state index in [1.54, 1.807) is 50.2 Å². The Bertz CT molecular complexity index is 1230. The van der Waals surface area contributed by atoms with Gasteiger partial charge in [0.25, 0.3) is 0 Å². The summed E-state index contributed by atoms with van der Waals surface area (Å²) in [6.45, 7) is 3.60. The summed E-state index contributed by atoms with van der Waals surface area (Å²) in [5.74, 6) is -2.43. The highest BCUT2D eigenvalue weighted by Crippen LogP contribution is 2.25. The van der Waals surface area contributed by atoms with Crippen LogP contribution < -0.4 is 14.2 Å². The molecule has 0 heterocycles. The molecule has 0 unspecified atom stereocenters. The van der Waals surface area contributed by atoms with E-state index in [0.717, 1.165) is 0 Å². The molecule has 0 radical (unpaired) electrons. The number of carbonyl (C=O) groups excluding carboxylic acids is 4. The summed E-state index contributed by atoms with van der Waals surface area (Å²) in [4.78, 5) is 49.6. The van der Waals surface area contributed by atoms with E-state index in [9.17, 15) is 19.2 Å². The lowest BCUT2D eigenvalue weighted by molar-refractivity contribution is 0.0510. The third kappa shape index (κ3) is 6.44. The van der Waals surface area contributed by atoms with Gasteiger partial charge in [-0.05, 0) is 50.2 Å². The Labute approximate surface area is 201 Å². The molecule has 35 heavy (non-hydrogen) atoms. The zero-order valence-electron chi connectivity index (χ0n) is 19.0.